The summed E-state index contributed by atoms with van der Waals surface area (Å²) in [4.78, 5) is 41.7. The van der Waals surface area contributed by atoms with Gasteiger partial charge in [0, 0.05) is 25.2 Å². The third kappa shape index (κ3) is 4.97. The van der Waals surface area contributed by atoms with Gasteiger partial charge in [-0.05, 0) is 30.2 Å². The molecule has 0 aliphatic carbocycles. The molecule has 2 amide bonds. The molecule has 1 atom stereocenters. The normalized spacial score (nSPS) is 17.1. The standard InChI is InChI=1S/C23H24N2O4/c1-17(2)16-29-23(28)20-22(27)25(21(26)19-11-7-4-8-12-19)14-13-24(20)15-18-9-5-3-6-10-18/h3-12,20H,1,13-16H2,2H3. The van der Waals surface area contributed by atoms with Crippen molar-refractivity contribution in [3.63, 3.8) is 0 Å². The van der Waals surface area contributed by atoms with Gasteiger partial charge in [0.05, 0.1) is 0 Å². The van der Waals surface area contributed by atoms with E-state index in [0.717, 1.165) is 10.5 Å². The highest BCUT2D eigenvalue weighted by atomic mass is 16.5. The van der Waals surface area contributed by atoms with Crippen LogP contribution in [0.2, 0.25) is 0 Å². The number of nitrogens with zero attached hydrogens (tertiary/aromatic N) is 2. The highest BCUT2D eigenvalue weighted by Crippen LogP contribution is 2.19. The highest BCUT2D eigenvalue weighted by Gasteiger charge is 2.43. The third-order valence-electron chi connectivity index (χ3n) is 4.65. The molecule has 2 aromatic carbocycles. The summed E-state index contributed by atoms with van der Waals surface area (Å²) in [6.45, 7) is 6.50. The van der Waals surface area contributed by atoms with Gasteiger partial charge >= 0.3 is 5.97 Å². The van der Waals surface area contributed by atoms with Crippen LogP contribution >= 0.6 is 0 Å². The van der Waals surface area contributed by atoms with Crippen LogP contribution in [0.1, 0.15) is 22.8 Å². The van der Waals surface area contributed by atoms with Gasteiger partial charge in [-0.25, -0.2) is 4.79 Å². The fourth-order valence-corrected chi connectivity index (χ4v) is 3.22. The number of hydrogen-bond acceptors (Lipinski definition) is 5. The number of rotatable bonds is 6. The van der Waals surface area contributed by atoms with E-state index in [0.29, 0.717) is 24.2 Å². The number of amides is 2. The number of benzene rings is 2. The lowest BCUT2D eigenvalue weighted by Gasteiger charge is -2.38. The van der Waals surface area contributed by atoms with Crippen LogP contribution in [0, 0.1) is 0 Å². The predicted octanol–water partition coefficient (Wildman–Crippen LogP) is 2.66. The van der Waals surface area contributed by atoms with E-state index in [9.17, 15) is 14.4 Å². The van der Waals surface area contributed by atoms with E-state index < -0.39 is 23.8 Å². The van der Waals surface area contributed by atoms with E-state index in [2.05, 4.69) is 6.58 Å². The molecule has 6 nitrogen and oxygen atoms in total. The van der Waals surface area contributed by atoms with Crippen molar-refractivity contribution in [3.05, 3.63) is 83.9 Å². The second kappa shape index (κ2) is 9.30. The minimum Gasteiger partial charge on any atom is -0.460 e. The van der Waals surface area contributed by atoms with Gasteiger partial charge in [0.25, 0.3) is 11.8 Å². The Balaban J connectivity index is 1.83. The van der Waals surface area contributed by atoms with E-state index in [4.69, 9.17) is 4.74 Å². The first-order valence-electron chi connectivity index (χ1n) is 9.47. The Hall–Kier alpha value is -3.25. The van der Waals surface area contributed by atoms with Crippen molar-refractivity contribution in [1.29, 1.82) is 0 Å². The highest BCUT2D eigenvalue weighted by molar-refractivity contribution is 6.12. The molecule has 0 bridgehead atoms. The van der Waals surface area contributed by atoms with Gasteiger partial charge in [-0.3, -0.25) is 19.4 Å². The number of carbonyl (C=O) groups is 3. The molecule has 1 unspecified atom stereocenters. The Morgan fingerprint density at radius 1 is 1.03 bits per heavy atom. The van der Waals surface area contributed by atoms with Gasteiger partial charge in [0.15, 0.2) is 6.04 Å². The molecule has 1 heterocycles. The number of imide groups is 1. The Kier molecular flexibility index (Phi) is 6.57. The average molecular weight is 392 g/mol. The third-order valence-corrected chi connectivity index (χ3v) is 4.65. The number of ether oxygens (including phenoxy) is 1. The van der Waals surface area contributed by atoms with E-state index in [-0.39, 0.29) is 13.2 Å². The summed E-state index contributed by atoms with van der Waals surface area (Å²) in [5, 5.41) is 0. The summed E-state index contributed by atoms with van der Waals surface area (Å²) in [6, 6.07) is 17.0. The molecule has 0 N–H and O–H groups in total. The zero-order valence-corrected chi connectivity index (χ0v) is 16.4. The van der Waals surface area contributed by atoms with E-state index >= 15 is 0 Å². The molecule has 2 aromatic rings. The van der Waals surface area contributed by atoms with Crippen molar-refractivity contribution in [2.75, 3.05) is 19.7 Å². The first-order chi connectivity index (χ1) is 14.0. The van der Waals surface area contributed by atoms with Crippen LogP contribution in [-0.2, 0) is 20.9 Å². The molecule has 0 aromatic heterocycles. The maximum absolute atomic E-state index is 13.2. The topological polar surface area (TPSA) is 66.9 Å². The lowest BCUT2D eigenvalue weighted by molar-refractivity contribution is -0.159. The Labute approximate surface area is 170 Å². The quantitative estimate of drug-likeness (QED) is 0.327. The van der Waals surface area contributed by atoms with Crippen molar-refractivity contribution in [2.24, 2.45) is 0 Å². The second-order valence-electron chi connectivity index (χ2n) is 7.08. The number of hydrogen-bond donors (Lipinski definition) is 0. The minimum absolute atomic E-state index is 0.0361. The fourth-order valence-electron chi connectivity index (χ4n) is 3.22. The summed E-state index contributed by atoms with van der Waals surface area (Å²) in [7, 11) is 0. The second-order valence-corrected chi connectivity index (χ2v) is 7.08. The van der Waals surface area contributed by atoms with Gasteiger partial charge in [0.1, 0.15) is 6.61 Å². The molecule has 6 heteroatoms. The summed E-state index contributed by atoms with van der Waals surface area (Å²) >= 11 is 0. The van der Waals surface area contributed by atoms with Crippen LogP contribution in [0.15, 0.2) is 72.8 Å². The average Bonchev–Trinajstić information content (AvgIpc) is 2.73. The summed E-state index contributed by atoms with van der Waals surface area (Å²) in [5.74, 6) is -1.64. The van der Waals surface area contributed by atoms with Crippen LogP contribution in [0.3, 0.4) is 0 Å². The summed E-state index contributed by atoms with van der Waals surface area (Å²) in [6.07, 6.45) is 0. The molecular formula is C23H24N2O4. The molecule has 1 aliphatic rings. The number of carbonyl (C=O) groups excluding carboxylic acids is 3. The zero-order chi connectivity index (χ0) is 20.8. The Morgan fingerprint density at radius 2 is 1.66 bits per heavy atom. The van der Waals surface area contributed by atoms with Gasteiger partial charge in [-0.15, -0.1) is 0 Å². The molecule has 1 fully saturated rings. The van der Waals surface area contributed by atoms with E-state index in [1.54, 1.807) is 42.2 Å². The van der Waals surface area contributed by atoms with Crippen molar-refractivity contribution < 1.29 is 19.1 Å². The minimum atomic E-state index is -1.17. The SMILES string of the molecule is C=C(C)COC(=O)C1C(=O)N(C(=O)c2ccccc2)CCN1Cc1ccccc1. The molecule has 29 heavy (non-hydrogen) atoms. The smallest absolute Gasteiger partial charge is 0.333 e. The molecule has 0 saturated carbocycles. The molecular weight excluding hydrogens is 368 g/mol. The van der Waals surface area contributed by atoms with Crippen molar-refractivity contribution in [2.45, 2.75) is 19.5 Å². The summed E-state index contributed by atoms with van der Waals surface area (Å²) in [5.41, 5.74) is 2.06. The maximum atomic E-state index is 13.2. The number of esters is 1. The van der Waals surface area contributed by atoms with E-state index in [1.165, 1.54) is 0 Å². The first kappa shape index (κ1) is 20.5. The van der Waals surface area contributed by atoms with Crippen LogP contribution in [0.5, 0.6) is 0 Å². The molecule has 0 radical (unpaired) electrons. The van der Waals surface area contributed by atoms with Crippen LogP contribution in [-0.4, -0.2) is 53.3 Å². The number of piperazine rings is 1. The van der Waals surface area contributed by atoms with Crippen LogP contribution in [0.25, 0.3) is 0 Å². The largest absolute Gasteiger partial charge is 0.460 e. The summed E-state index contributed by atoms with van der Waals surface area (Å²) < 4.78 is 5.28. The van der Waals surface area contributed by atoms with Crippen LogP contribution < -0.4 is 0 Å². The van der Waals surface area contributed by atoms with Gasteiger partial charge in [0.2, 0.25) is 0 Å². The molecule has 1 aliphatic heterocycles. The zero-order valence-electron chi connectivity index (χ0n) is 16.4. The van der Waals surface area contributed by atoms with Crippen molar-refractivity contribution >= 4 is 17.8 Å². The van der Waals surface area contributed by atoms with Crippen LogP contribution in [0.4, 0.5) is 0 Å². The first-order valence-corrected chi connectivity index (χ1v) is 9.47. The maximum Gasteiger partial charge on any atom is 0.333 e. The van der Waals surface area contributed by atoms with E-state index in [1.807, 2.05) is 30.3 Å². The van der Waals surface area contributed by atoms with Gasteiger partial charge in [-0.2, -0.15) is 0 Å². The Morgan fingerprint density at radius 3 is 2.28 bits per heavy atom. The van der Waals surface area contributed by atoms with Gasteiger partial charge in [-0.1, -0.05) is 55.1 Å². The lowest BCUT2D eigenvalue weighted by Crippen LogP contribution is -2.61. The predicted molar refractivity (Wildman–Crippen MR) is 109 cm³/mol. The molecule has 1 saturated heterocycles. The molecule has 0 spiro atoms. The molecule has 3 rings (SSSR count). The van der Waals surface area contributed by atoms with Crippen molar-refractivity contribution in [3.8, 4) is 0 Å². The fraction of sp³-hybridized carbons (Fsp3) is 0.261. The Bertz CT molecular complexity index is 896. The van der Waals surface area contributed by atoms with Gasteiger partial charge < -0.3 is 4.74 Å². The lowest BCUT2D eigenvalue weighted by atomic mass is 10.1. The van der Waals surface area contributed by atoms with Crippen molar-refractivity contribution in [1.82, 2.24) is 9.80 Å². The monoisotopic (exact) mass is 392 g/mol. The molecule has 150 valence electrons.